The zero-order chi connectivity index (χ0) is 7.84. The molecule has 2 N–H and O–H groups in total. The fraction of sp³-hybridized carbons (Fsp3) is 0. The second-order valence-corrected chi connectivity index (χ2v) is 3.12. The average molecular weight is 213 g/mol. The Labute approximate surface area is 71.2 Å². The van der Waals surface area contributed by atoms with Crippen LogP contribution in [0.5, 0.6) is 5.75 Å². The van der Waals surface area contributed by atoms with E-state index >= 15 is 0 Å². The topological polar surface area (TPSA) is 48.9 Å². The van der Waals surface area contributed by atoms with Crippen LogP contribution in [0.4, 0.5) is 0 Å². The molecule has 11 heavy (non-hydrogen) atoms. The van der Waals surface area contributed by atoms with E-state index in [0.29, 0.717) is 4.47 Å². The largest absolute Gasteiger partial charge is 0.507 e. The number of halogens is 1. The van der Waals surface area contributed by atoms with Crippen molar-refractivity contribution in [1.82, 2.24) is 10.2 Å². The molecule has 0 radical (unpaired) electrons. The molecule has 0 aliphatic heterocycles. The predicted octanol–water partition coefficient (Wildman–Crippen LogP) is 2.03. The van der Waals surface area contributed by atoms with Gasteiger partial charge in [0.15, 0.2) is 0 Å². The molecule has 4 heteroatoms. The van der Waals surface area contributed by atoms with E-state index in [1.165, 1.54) is 0 Å². The van der Waals surface area contributed by atoms with Gasteiger partial charge in [-0.05, 0) is 22.0 Å². The molecule has 0 spiro atoms. The van der Waals surface area contributed by atoms with E-state index in [1.54, 1.807) is 12.3 Å². The lowest BCUT2D eigenvalue weighted by atomic mass is 10.2. The summed E-state index contributed by atoms with van der Waals surface area (Å²) in [6, 6.07) is 3.45. The summed E-state index contributed by atoms with van der Waals surface area (Å²) in [4.78, 5) is 0. The highest BCUT2D eigenvalue weighted by Gasteiger charge is 2.00. The quantitative estimate of drug-likeness (QED) is 0.703. The van der Waals surface area contributed by atoms with Crippen LogP contribution >= 0.6 is 15.9 Å². The first-order valence-electron chi connectivity index (χ1n) is 3.09. The molecular weight excluding hydrogens is 208 g/mol. The number of H-pyrrole nitrogens is 1. The van der Waals surface area contributed by atoms with Gasteiger partial charge in [-0.15, -0.1) is 0 Å². The SMILES string of the molecule is Oc1cc2[nH]ncc2cc1Br. The Morgan fingerprint density at radius 2 is 2.27 bits per heavy atom. The number of rotatable bonds is 0. The summed E-state index contributed by atoms with van der Waals surface area (Å²) in [5.41, 5.74) is 0.839. The van der Waals surface area contributed by atoms with Crippen molar-refractivity contribution >= 4 is 26.8 Å². The first kappa shape index (κ1) is 6.67. The van der Waals surface area contributed by atoms with Crippen molar-refractivity contribution in [3.63, 3.8) is 0 Å². The second-order valence-electron chi connectivity index (χ2n) is 2.26. The molecule has 0 aliphatic carbocycles. The van der Waals surface area contributed by atoms with Gasteiger partial charge >= 0.3 is 0 Å². The third kappa shape index (κ3) is 0.991. The lowest BCUT2D eigenvalue weighted by Crippen LogP contribution is -1.70. The summed E-state index contributed by atoms with van der Waals surface area (Å²) >= 11 is 3.21. The molecule has 56 valence electrons. The van der Waals surface area contributed by atoms with Crippen LogP contribution in [0.15, 0.2) is 22.8 Å². The lowest BCUT2D eigenvalue weighted by Gasteiger charge is -1.94. The van der Waals surface area contributed by atoms with E-state index in [4.69, 9.17) is 0 Å². The van der Waals surface area contributed by atoms with Crippen LogP contribution in [0.25, 0.3) is 10.9 Å². The van der Waals surface area contributed by atoms with Gasteiger partial charge in [0, 0.05) is 11.5 Å². The van der Waals surface area contributed by atoms with Gasteiger partial charge in [0.2, 0.25) is 0 Å². The van der Waals surface area contributed by atoms with Crippen molar-refractivity contribution in [2.45, 2.75) is 0 Å². The third-order valence-electron chi connectivity index (χ3n) is 1.51. The van der Waals surface area contributed by atoms with Gasteiger partial charge in [0.25, 0.3) is 0 Å². The molecule has 0 aliphatic rings. The number of aromatic amines is 1. The summed E-state index contributed by atoms with van der Waals surface area (Å²) in [6.07, 6.45) is 1.71. The molecule has 0 amide bonds. The van der Waals surface area contributed by atoms with Crippen molar-refractivity contribution in [1.29, 1.82) is 0 Å². The Hall–Kier alpha value is -1.03. The fourth-order valence-electron chi connectivity index (χ4n) is 0.952. The lowest BCUT2D eigenvalue weighted by molar-refractivity contribution is 0.472. The normalized spacial score (nSPS) is 10.6. The molecule has 2 rings (SSSR count). The maximum atomic E-state index is 9.24. The van der Waals surface area contributed by atoms with Crippen LogP contribution in [0.3, 0.4) is 0 Å². The maximum Gasteiger partial charge on any atom is 0.131 e. The van der Waals surface area contributed by atoms with E-state index < -0.39 is 0 Å². The number of nitrogens with one attached hydrogen (secondary N) is 1. The van der Waals surface area contributed by atoms with Crippen molar-refractivity contribution in [2.24, 2.45) is 0 Å². The van der Waals surface area contributed by atoms with Crippen molar-refractivity contribution in [3.8, 4) is 5.75 Å². The van der Waals surface area contributed by atoms with Gasteiger partial charge in [-0.25, -0.2) is 0 Å². The van der Waals surface area contributed by atoms with E-state index in [-0.39, 0.29) is 5.75 Å². The molecule has 1 heterocycles. The van der Waals surface area contributed by atoms with E-state index in [1.807, 2.05) is 6.07 Å². The van der Waals surface area contributed by atoms with Gasteiger partial charge in [0.05, 0.1) is 16.2 Å². The molecule has 1 aromatic carbocycles. The average Bonchev–Trinajstić information content (AvgIpc) is 2.36. The second kappa shape index (κ2) is 2.23. The van der Waals surface area contributed by atoms with Crippen molar-refractivity contribution in [2.75, 3.05) is 0 Å². The maximum absolute atomic E-state index is 9.24. The zero-order valence-electron chi connectivity index (χ0n) is 5.50. The molecule has 3 nitrogen and oxygen atoms in total. The Bertz CT molecular complexity index is 360. The van der Waals surface area contributed by atoms with Crippen LogP contribution < -0.4 is 0 Å². The smallest absolute Gasteiger partial charge is 0.131 e. The third-order valence-corrected chi connectivity index (χ3v) is 2.14. The van der Waals surface area contributed by atoms with E-state index in [0.717, 1.165) is 10.9 Å². The molecule has 0 saturated carbocycles. The summed E-state index contributed by atoms with van der Waals surface area (Å²) in [5, 5.41) is 16.8. The highest BCUT2D eigenvalue weighted by molar-refractivity contribution is 9.10. The van der Waals surface area contributed by atoms with Crippen LogP contribution in [0, 0.1) is 0 Å². The van der Waals surface area contributed by atoms with Gasteiger partial charge in [-0.1, -0.05) is 0 Å². The number of aromatic hydroxyl groups is 1. The van der Waals surface area contributed by atoms with Crippen LogP contribution in [0.1, 0.15) is 0 Å². The van der Waals surface area contributed by atoms with Crippen LogP contribution in [0.2, 0.25) is 0 Å². The number of hydrogen-bond acceptors (Lipinski definition) is 2. The minimum Gasteiger partial charge on any atom is -0.507 e. The van der Waals surface area contributed by atoms with E-state index in [9.17, 15) is 5.11 Å². The Kier molecular flexibility index (Phi) is 1.35. The summed E-state index contributed by atoms with van der Waals surface area (Å²) in [5.74, 6) is 0.224. The molecule has 0 bridgehead atoms. The van der Waals surface area contributed by atoms with Gasteiger partial charge < -0.3 is 5.11 Å². The fourth-order valence-corrected chi connectivity index (χ4v) is 1.31. The number of phenolic OH excluding ortho intramolecular Hbond substituents is 1. The first-order chi connectivity index (χ1) is 5.27. The number of aromatic nitrogens is 2. The minimum atomic E-state index is 0.224. The van der Waals surface area contributed by atoms with E-state index in [2.05, 4.69) is 26.1 Å². The summed E-state index contributed by atoms with van der Waals surface area (Å²) in [7, 11) is 0. The summed E-state index contributed by atoms with van der Waals surface area (Å²) < 4.78 is 0.686. The summed E-state index contributed by atoms with van der Waals surface area (Å²) in [6.45, 7) is 0. The number of phenols is 1. The van der Waals surface area contributed by atoms with Crippen molar-refractivity contribution < 1.29 is 5.11 Å². The Morgan fingerprint density at radius 1 is 1.45 bits per heavy atom. The molecular formula is C7H5BrN2O. The Balaban J connectivity index is 2.86. The van der Waals surface area contributed by atoms with Crippen LogP contribution in [-0.4, -0.2) is 15.3 Å². The monoisotopic (exact) mass is 212 g/mol. The number of hydrogen-bond donors (Lipinski definition) is 2. The van der Waals surface area contributed by atoms with Crippen LogP contribution in [-0.2, 0) is 0 Å². The standard InChI is InChI=1S/C7H5BrN2O/c8-5-1-4-3-9-10-6(4)2-7(5)11/h1-3,11H,(H,9,10). The number of benzene rings is 1. The molecule has 0 unspecified atom stereocenters. The minimum absolute atomic E-state index is 0.224. The van der Waals surface area contributed by atoms with Gasteiger partial charge in [0.1, 0.15) is 5.75 Å². The molecule has 2 aromatic rings. The predicted molar refractivity (Wildman–Crippen MR) is 45.5 cm³/mol. The molecule has 0 atom stereocenters. The first-order valence-corrected chi connectivity index (χ1v) is 3.88. The molecule has 1 aromatic heterocycles. The zero-order valence-corrected chi connectivity index (χ0v) is 7.09. The number of nitrogens with zero attached hydrogens (tertiary/aromatic N) is 1. The number of fused-ring (bicyclic) bond motifs is 1. The van der Waals surface area contributed by atoms with Crippen molar-refractivity contribution in [3.05, 3.63) is 22.8 Å². The Morgan fingerprint density at radius 3 is 3.09 bits per heavy atom. The molecule has 0 saturated heterocycles. The molecule has 0 fully saturated rings. The highest BCUT2D eigenvalue weighted by atomic mass is 79.9. The van der Waals surface area contributed by atoms with Gasteiger partial charge in [-0.3, -0.25) is 5.10 Å². The van der Waals surface area contributed by atoms with Gasteiger partial charge in [-0.2, -0.15) is 5.10 Å². The highest BCUT2D eigenvalue weighted by Crippen LogP contribution is 2.27.